The molecular weight excluding hydrogens is 223 g/mol. The predicted molar refractivity (Wildman–Crippen MR) is 63.8 cm³/mol. The minimum atomic E-state index is -0.330. The number of thiophene rings is 1. The summed E-state index contributed by atoms with van der Waals surface area (Å²) in [5.74, 6) is -0.330. The van der Waals surface area contributed by atoms with Crippen molar-refractivity contribution in [3.05, 3.63) is 52.2 Å². The minimum absolute atomic E-state index is 0.148. The first kappa shape index (κ1) is 11.2. The summed E-state index contributed by atoms with van der Waals surface area (Å²) in [7, 11) is 0. The zero-order valence-corrected chi connectivity index (χ0v) is 9.58. The lowest BCUT2D eigenvalue weighted by molar-refractivity contribution is 0.602. The summed E-state index contributed by atoms with van der Waals surface area (Å²) in [6.07, 6.45) is 4.55. The van der Waals surface area contributed by atoms with Gasteiger partial charge in [-0.2, -0.15) is 0 Å². The van der Waals surface area contributed by atoms with Gasteiger partial charge in [0.25, 0.3) is 0 Å². The van der Waals surface area contributed by atoms with Gasteiger partial charge < -0.3 is 5.73 Å². The van der Waals surface area contributed by atoms with Gasteiger partial charge in [0, 0.05) is 17.1 Å². The van der Waals surface area contributed by atoms with Gasteiger partial charge in [0.2, 0.25) is 0 Å². The molecule has 0 amide bonds. The lowest BCUT2D eigenvalue weighted by Gasteiger charge is -2.10. The van der Waals surface area contributed by atoms with E-state index in [4.69, 9.17) is 5.73 Å². The fourth-order valence-electron chi connectivity index (χ4n) is 1.55. The lowest BCUT2D eigenvalue weighted by atomic mass is 10.0. The van der Waals surface area contributed by atoms with Crippen molar-refractivity contribution in [2.24, 2.45) is 5.73 Å². The van der Waals surface area contributed by atoms with Crippen LogP contribution in [0.25, 0.3) is 0 Å². The molecular formula is C12H13FN2S. The molecule has 2 aromatic heterocycles. The number of aryl methyl sites for hydroxylation is 1. The molecule has 0 saturated carbocycles. The van der Waals surface area contributed by atoms with E-state index in [1.165, 1.54) is 17.1 Å². The third-order valence-electron chi connectivity index (χ3n) is 2.44. The SMILES string of the molecule is NC(CCc1cccs1)c1cncc(F)c1. The Morgan fingerprint density at radius 3 is 3.00 bits per heavy atom. The highest BCUT2D eigenvalue weighted by Gasteiger charge is 2.07. The molecule has 0 spiro atoms. The van der Waals surface area contributed by atoms with Crippen LogP contribution in [0.2, 0.25) is 0 Å². The number of rotatable bonds is 4. The summed E-state index contributed by atoms with van der Waals surface area (Å²) < 4.78 is 12.9. The van der Waals surface area contributed by atoms with Crippen LogP contribution in [0, 0.1) is 5.82 Å². The van der Waals surface area contributed by atoms with Gasteiger partial charge in [0.1, 0.15) is 5.82 Å². The maximum Gasteiger partial charge on any atom is 0.141 e. The van der Waals surface area contributed by atoms with E-state index >= 15 is 0 Å². The van der Waals surface area contributed by atoms with E-state index in [-0.39, 0.29) is 11.9 Å². The van der Waals surface area contributed by atoms with Crippen LogP contribution >= 0.6 is 11.3 Å². The van der Waals surface area contributed by atoms with Crippen molar-refractivity contribution in [1.82, 2.24) is 4.98 Å². The molecule has 1 atom stereocenters. The maximum atomic E-state index is 12.9. The van der Waals surface area contributed by atoms with Gasteiger partial charge >= 0.3 is 0 Å². The Morgan fingerprint density at radius 1 is 1.44 bits per heavy atom. The molecule has 2 heterocycles. The molecule has 2 N–H and O–H groups in total. The molecule has 0 fully saturated rings. The van der Waals surface area contributed by atoms with Crippen molar-refractivity contribution >= 4 is 11.3 Å². The van der Waals surface area contributed by atoms with E-state index in [1.807, 2.05) is 11.4 Å². The molecule has 0 bridgehead atoms. The molecule has 84 valence electrons. The first-order chi connectivity index (χ1) is 7.75. The fraction of sp³-hybridized carbons (Fsp3) is 0.250. The van der Waals surface area contributed by atoms with Gasteiger partial charge in [-0.3, -0.25) is 4.98 Å². The largest absolute Gasteiger partial charge is 0.324 e. The van der Waals surface area contributed by atoms with Crippen molar-refractivity contribution in [1.29, 1.82) is 0 Å². The van der Waals surface area contributed by atoms with Gasteiger partial charge in [-0.1, -0.05) is 6.07 Å². The number of hydrogen-bond acceptors (Lipinski definition) is 3. The van der Waals surface area contributed by atoms with E-state index in [2.05, 4.69) is 11.1 Å². The highest BCUT2D eigenvalue weighted by molar-refractivity contribution is 7.09. The second kappa shape index (κ2) is 5.18. The topological polar surface area (TPSA) is 38.9 Å². The Labute approximate surface area is 97.9 Å². The highest BCUT2D eigenvalue weighted by Crippen LogP contribution is 2.18. The summed E-state index contributed by atoms with van der Waals surface area (Å²) in [5.41, 5.74) is 6.74. The Morgan fingerprint density at radius 2 is 2.31 bits per heavy atom. The van der Waals surface area contributed by atoms with E-state index in [0.29, 0.717) is 0 Å². The second-order valence-electron chi connectivity index (χ2n) is 3.66. The summed E-state index contributed by atoms with van der Waals surface area (Å²) in [6.45, 7) is 0. The Kier molecular flexibility index (Phi) is 3.64. The number of pyridine rings is 1. The molecule has 0 radical (unpaired) electrons. The monoisotopic (exact) mass is 236 g/mol. The van der Waals surface area contributed by atoms with Gasteiger partial charge in [-0.05, 0) is 35.9 Å². The molecule has 0 aliphatic rings. The van der Waals surface area contributed by atoms with Crippen LogP contribution in [0.3, 0.4) is 0 Å². The van der Waals surface area contributed by atoms with Crippen molar-refractivity contribution in [2.45, 2.75) is 18.9 Å². The van der Waals surface area contributed by atoms with Crippen LogP contribution in [0.5, 0.6) is 0 Å². The smallest absolute Gasteiger partial charge is 0.141 e. The molecule has 0 saturated heterocycles. The molecule has 2 aromatic rings. The Hall–Kier alpha value is -1.26. The molecule has 0 aromatic carbocycles. The van der Waals surface area contributed by atoms with E-state index in [1.54, 1.807) is 17.5 Å². The van der Waals surface area contributed by atoms with Crippen LogP contribution in [0.15, 0.2) is 36.0 Å². The van der Waals surface area contributed by atoms with E-state index in [9.17, 15) is 4.39 Å². The standard InChI is InChI=1S/C12H13FN2S/c13-10-6-9(7-15-8-10)12(14)4-3-11-2-1-5-16-11/h1-2,5-8,12H,3-4,14H2. The summed E-state index contributed by atoms with van der Waals surface area (Å²) >= 11 is 1.72. The van der Waals surface area contributed by atoms with Crippen LogP contribution < -0.4 is 5.73 Å². The summed E-state index contributed by atoms with van der Waals surface area (Å²) in [6, 6.07) is 5.41. The first-order valence-corrected chi connectivity index (χ1v) is 6.02. The van der Waals surface area contributed by atoms with Gasteiger partial charge in [-0.15, -0.1) is 11.3 Å². The van der Waals surface area contributed by atoms with Gasteiger partial charge in [-0.25, -0.2) is 4.39 Å². The molecule has 4 heteroatoms. The molecule has 0 aliphatic heterocycles. The van der Waals surface area contributed by atoms with Gasteiger partial charge in [0.15, 0.2) is 0 Å². The highest BCUT2D eigenvalue weighted by atomic mass is 32.1. The van der Waals surface area contributed by atoms with Gasteiger partial charge in [0.05, 0.1) is 6.20 Å². The third-order valence-corrected chi connectivity index (χ3v) is 3.37. The zero-order chi connectivity index (χ0) is 11.4. The summed E-state index contributed by atoms with van der Waals surface area (Å²) in [4.78, 5) is 5.10. The molecule has 1 unspecified atom stereocenters. The number of nitrogens with two attached hydrogens (primary N) is 1. The number of hydrogen-bond donors (Lipinski definition) is 1. The number of aromatic nitrogens is 1. The van der Waals surface area contributed by atoms with Crippen LogP contribution in [-0.2, 0) is 6.42 Å². The molecule has 0 aliphatic carbocycles. The average Bonchev–Trinajstić information content (AvgIpc) is 2.78. The third kappa shape index (κ3) is 2.87. The number of nitrogens with zero attached hydrogens (tertiary/aromatic N) is 1. The second-order valence-corrected chi connectivity index (χ2v) is 4.69. The molecule has 2 rings (SSSR count). The van der Waals surface area contributed by atoms with Crippen molar-refractivity contribution in [3.8, 4) is 0 Å². The van der Waals surface area contributed by atoms with Crippen molar-refractivity contribution in [3.63, 3.8) is 0 Å². The Bertz CT molecular complexity index is 442. The lowest BCUT2D eigenvalue weighted by Crippen LogP contribution is -2.11. The maximum absolute atomic E-state index is 12.9. The summed E-state index contributed by atoms with van der Waals surface area (Å²) in [5, 5.41) is 2.05. The van der Waals surface area contributed by atoms with E-state index in [0.717, 1.165) is 18.4 Å². The predicted octanol–water partition coefficient (Wildman–Crippen LogP) is 2.91. The van der Waals surface area contributed by atoms with Crippen LogP contribution in [0.1, 0.15) is 22.9 Å². The number of halogens is 1. The van der Waals surface area contributed by atoms with Crippen LogP contribution in [-0.4, -0.2) is 4.98 Å². The normalized spacial score (nSPS) is 12.6. The average molecular weight is 236 g/mol. The van der Waals surface area contributed by atoms with Crippen LogP contribution in [0.4, 0.5) is 4.39 Å². The molecule has 16 heavy (non-hydrogen) atoms. The fourth-order valence-corrected chi connectivity index (χ4v) is 2.28. The Balaban J connectivity index is 1.95. The van der Waals surface area contributed by atoms with Crippen molar-refractivity contribution < 1.29 is 4.39 Å². The first-order valence-electron chi connectivity index (χ1n) is 5.14. The zero-order valence-electron chi connectivity index (χ0n) is 8.77. The van der Waals surface area contributed by atoms with Crippen molar-refractivity contribution in [2.75, 3.05) is 0 Å². The molecule has 2 nitrogen and oxygen atoms in total. The van der Waals surface area contributed by atoms with E-state index < -0.39 is 0 Å². The quantitative estimate of drug-likeness (QED) is 0.886. The minimum Gasteiger partial charge on any atom is -0.324 e.